The molecule has 7 nitrogen and oxygen atoms in total. The van der Waals surface area contributed by atoms with Crippen LogP contribution in [0.15, 0.2) is 6.20 Å². The molecule has 0 aromatic carbocycles. The lowest BCUT2D eigenvalue weighted by Gasteiger charge is -2.01. The van der Waals surface area contributed by atoms with Gasteiger partial charge < -0.3 is 9.47 Å². The monoisotopic (exact) mass is 197 g/mol. The Balaban J connectivity index is 3.15. The molecule has 74 valence electrons. The van der Waals surface area contributed by atoms with Gasteiger partial charge in [0.2, 0.25) is 0 Å². The molecule has 0 spiro atoms. The van der Waals surface area contributed by atoms with Crippen molar-refractivity contribution in [3.8, 4) is 0 Å². The van der Waals surface area contributed by atoms with Gasteiger partial charge in [-0.1, -0.05) is 0 Å². The highest BCUT2D eigenvalue weighted by atomic mass is 16.5. The lowest BCUT2D eigenvalue weighted by atomic mass is 10.2. The van der Waals surface area contributed by atoms with E-state index in [1.165, 1.54) is 14.2 Å². The fourth-order valence-electron chi connectivity index (χ4n) is 0.776. The summed E-state index contributed by atoms with van der Waals surface area (Å²) in [5, 5.41) is 9.97. The maximum Gasteiger partial charge on any atom is 0.359 e. The number of nitrogens with zero attached hydrogens (tertiary/aromatic N) is 3. The fourth-order valence-corrected chi connectivity index (χ4v) is 0.776. The third-order valence-electron chi connectivity index (χ3n) is 1.42. The highest BCUT2D eigenvalue weighted by molar-refractivity contribution is 6.01. The number of carbonyl (C=O) groups excluding carboxylic acids is 2. The number of rotatable bonds is 2. The SMILES string of the molecule is COC(=O)c1cnnnc1C(=O)OC. The van der Waals surface area contributed by atoms with Crippen molar-refractivity contribution in [2.24, 2.45) is 0 Å². The second-order valence-corrected chi connectivity index (χ2v) is 2.18. The minimum absolute atomic E-state index is 0.0747. The van der Waals surface area contributed by atoms with Crippen LogP contribution in [0.2, 0.25) is 0 Å². The molecule has 0 fully saturated rings. The normalized spacial score (nSPS) is 9.29. The number of ether oxygens (including phenoxy) is 2. The first-order valence-electron chi connectivity index (χ1n) is 3.55. The zero-order chi connectivity index (χ0) is 10.6. The molecule has 0 unspecified atom stereocenters. The molecule has 14 heavy (non-hydrogen) atoms. The van der Waals surface area contributed by atoms with Gasteiger partial charge in [-0.3, -0.25) is 0 Å². The van der Waals surface area contributed by atoms with Crippen molar-refractivity contribution in [2.75, 3.05) is 14.2 Å². The van der Waals surface area contributed by atoms with Crippen LogP contribution in [0.4, 0.5) is 0 Å². The Kier molecular flexibility index (Phi) is 3.05. The van der Waals surface area contributed by atoms with Gasteiger partial charge in [-0.25, -0.2) is 9.59 Å². The van der Waals surface area contributed by atoms with E-state index in [-0.39, 0.29) is 11.3 Å². The number of carbonyl (C=O) groups is 2. The summed E-state index contributed by atoms with van der Waals surface area (Å²) < 4.78 is 8.81. The Morgan fingerprint density at radius 1 is 1.21 bits per heavy atom. The summed E-state index contributed by atoms with van der Waals surface area (Å²) in [4.78, 5) is 22.2. The Hall–Kier alpha value is -2.05. The third kappa shape index (κ3) is 1.82. The summed E-state index contributed by atoms with van der Waals surface area (Å²) in [6.45, 7) is 0. The maximum atomic E-state index is 11.1. The van der Waals surface area contributed by atoms with E-state index < -0.39 is 11.9 Å². The predicted octanol–water partition coefficient (Wildman–Crippen LogP) is -0.555. The molecule has 1 aromatic rings. The van der Waals surface area contributed by atoms with E-state index in [1.807, 2.05) is 0 Å². The molecule has 0 atom stereocenters. The van der Waals surface area contributed by atoms with Crippen LogP contribution in [-0.2, 0) is 9.47 Å². The number of hydrogen-bond acceptors (Lipinski definition) is 7. The Bertz CT molecular complexity index is 331. The molecule has 1 rings (SSSR count). The predicted molar refractivity (Wildman–Crippen MR) is 42.5 cm³/mol. The minimum Gasteiger partial charge on any atom is -0.465 e. The van der Waals surface area contributed by atoms with Gasteiger partial charge in [0.05, 0.1) is 20.4 Å². The van der Waals surface area contributed by atoms with Gasteiger partial charge in [-0.2, -0.15) is 0 Å². The summed E-state index contributed by atoms with van der Waals surface area (Å²) >= 11 is 0. The molecule has 0 aliphatic rings. The highest BCUT2D eigenvalue weighted by Gasteiger charge is 2.20. The summed E-state index contributed by atoms with van der Waals surface area (Å²) in [6, 6.07) is 0. The quantitative estimate of drug-likeness (QED) is 0.587. The molecular formula is C7H7N3O4. The summed E-state index contributed by atoms with van der Waals surface area (Å²) in [5.41, 5.74) is -0.288. The van der Waals surface area contributed by atoms with E-state index in [4.69, 9.17) is 0 Å². The van der Waals surface area contributed by atoms with Crippen molar-refractivity contribution >= 4 is 11.9 Å². The topological polar surface area (TPSA) is 91.3 Å². The van der Waals surface area contributed by atoms with Crippen LogP contribution in [0, 0.1) is 0 Å². The number of aromatic nitrogens is 3. The first kappa shape index (κ1) is 10.0. The van der Waals surface area contributed by atoms with Crippen LogP contribution in [0.25, 0.3) is 0 Å². The van der Waals surface area contributed by atoms with Crippen LogP contribution in [-0.4, -0.2) is 41.6 Å². The van der Waals surface area contributed by atoms with Crippen LogP contribution in [0.3, 0.4) is 0 Å². The number of methoxy groups -OCH3 is 2. The fraction of sp³-hybridized carbons (Fsp3) is 0.286. The lowest BCUT2D eigenvalue weighted by molar-refractivity contribution is 0.0547. The minimum atomic E-state index is -0.764. The van der Waals surface area contributed by atoms with Crippen molar-refractivity contribution in [1.29, 1.82) is 0 Å². The van der Waals surface area contributed by atoms with Crippen LogP contribution >= 0.6 is 0 Å². The van der Waals surface area contributed by atoms with E-state index in [1.54, 1.807) is 0 Å². The summed E-state index contributed by atoms with van der Waals surface area (Å²) in [7, 11) is 2.36. The van der Waals surface area contributed by atoms with E-state index in [0.29, 0.717) is 0 Å². The maximum absolute atomic E-state index is 11.1. The molecule has 0 bridgehead atoms. The van der Waals surface area contributed by atoms with Crippen molar-refractivity contribution in [3.63, 3.8) is 0 Å². The molecule has 0 N–H and O–H groups in total. The summed E-state index contributed by atoms with van der Waals surface area (Å²) in [6.07, 6.45) is 1.09. The van der Waals surface area contributed by atoms with Gasteiger partial charge in [0.25, 0.3) is 0 Å². The van der Waals surface area contributed by atoms with Gasteiger partial charge >= 0.3 is 11.9 Å². The standard InChI is InChI=1S/C7H7N3O4/c1-13-6(11)4-3-8-10-9-5(4)7(12)14-2/h3H,1-2H3. The zero-order valence-corrected chi connectivity index (χ0v) is 7.55. The average Bonchev–Trinajstić information content (AvgIpc) is 2.27. The van der Waals surface area contributed by atoms with E-state index in [9.17, 15) is 9.59 Å². The van der Waals surface area contributed by atoms with Crippen LogP contribution in [0.5, 0.6) is 0 Å². The van der Waals surface area contributed by atoms with Gasteiger partial charge in [0.1, 0.15) is 5.56 Å². The van der Waals surface area contributed by atoms with Crippen molar-refractivity contribution < 1.29 is 19.1 Å². The van der Waals surface area contributed by atoms with Gasteiger partial charge in [0, 0.05) is 0 Å². The zero-order valence-electron chi connectivity index (χ0n) is 7.55. The number of esters is 2. The van der Waals surface area contributed by atoms with Gasteiger partial charge in [0.15, 0.2) is 5.69 Å². The second kappa shape index (κ2) is 4.26. The van der Waals surface area contributed by atoms with Crippen molar-refractivity contribution in [1.82, 2.24) is 15.4 Å². The molecule has 1 heterocycles. The third-order valence-corrected chi connectivity index (χ3v) is 1.42. The second-order valence-electron chi connectivity index (χ2n) is 2.18. The molecule has 0 saturated carbocycles. The van der Waals surface area contributed by atoms with Crippen LogP contribution in [0.1, 0.15) is 20.8 Å². The average molecular weight is 197 g/mol. The van der Waals surface area contributed by atoms with E-state index >= 15 is 0 Å². The molecular weight excluding hydrogens is 190 g/mol. The van der Waals surface area contributed by atoms with Crippen molar-refractivity contribution in [2.45, 2.75) is 0 Å². The molecule has 0 aliphatic heterocycles. The lowest BCUT2D eigenvalue weighted by Crippen LogP contribution is -2.15. The first-order valence-corrected chi connectivity index (χ1v) is 3.55. The van der Waals surface area contributed by atoms with Gasteiger partial charge in [-0.15, -0.1) is 10.2 Å². The first-order chi connectivity index (χ1) is 6.70. The molecule has 0 saturated heterocycles. The highest BCUT2D eigenvalue weighted by Crippen LogP contribution is 2.05. The van der Waals surface area contributed by atoms with Crippen molar-refractivity contribution in [3.05, 3.63) is 17.5 Å². The van der Waals surface area contributed by atoms with E-state index in [2.05, 4.69) is 24.9 Å². The Labute approximate surface area is 79.0 Å². The molecule has 1 aromatic heterocycles. The Morgan fingerprint density at radius 3 is 2.43 bits per heavy atom. The smallest absolute Gasteiger partial charge is 0.359 e. The Morgan fingerprint density at radius 2 is 1.86 bits per heavy atom. The van der Waals surface area contributed by atoms with Gasteiger partial charge in [-0.05, 0) is 5.21 Å². The largest absolute Gasteiger partial charge is 0.465 e. The molecule has 0 radical (unpaired) electrons. The van der Waals surface area contributed by atoms with E-state index in [0.717, 1.165) is 6.20 Å². The van der Waals surface area contributed by atoms with Crippen LogP contribution < -0.4 is 0 Å². The molecule has 7 heteroatoms. The summed E-state index contributed by atoms with van der Waals surface area (Å²) in [5.74, 6) is -1.48. The molecule has 0 aliphatic carbocycles. The number of hydrogen-bond donors (Lipinski definition) is 0. The molecule has 0 amide bonds.